The Hall–Kier alpha value is -3.43. The Kier molecular flexibility index (Phi) is 4.09. The van der Waals surface area contributed by atoms with E-state index in [1.54, 1.807) is 0 Å². The van der Waals surface area contributed by atoms with Gasteiger partial charge in [-0.25, -0.2) is 4.98 Å². The third-order valence-electron chi connectivity index (χ3n) is 4.03. The summed E-state index contributed by atoms with van der Waals surface area (Å²) >= 11 is 0. The fourth-order valence-electron chi connectivity index (χ4n) is 2.85. The van der Waals surface area contributed by atoms with Crippen LogP contribution in [0.3, 0.4) is 0 Å². The maximum atomic E-state index is 11.7. The van der Waals surface area contributed by atoms with E-state index in [-0.39, 0.29) is 28.5 Å². The number of hydrogen-bond donors (Lipinski definition) is 4. The van der Waals surface area contributed by atoms with Gasteiger partial charge in [-0.2, -0.15) is 0 Å². The van der Waals surface area contributed by atoms with Gasteiger partial charge in [0, 0.05) is 25.3 Å². The van der Waals surface area contributed by atoms with Crippen molar-refractivity contribution in [1.29, 1.82) is 0 Å². The number of nitrogens with one attached hydrogen (secondary N) is 3. The van der Waals surface area contributed by atoms with Gasteiger partial charge in [0.2, 0.25) is 5.91 Å². The molecule has 1 aliphatic heterocycles. The van der Waals surface area contributed by atoms with Crippen LogP contribution >= 0.6 is 0 Å². The number of aromatic amines is 2. The number of nitrogens with zero attached hydrogens (tertiary/aromatic N) is 2. The molecular formula is C15H16N6O4. The highest BCUT2D eigenvalue weighted by atomic mass is 16.2. The molecule has 0 radical (unpaired) electrons. The summed E-state index contributed by atoms with van der Waals surface area (Å²) in [6.07, 6.45) is 3.12. The minimum atomic E-state index is -0.885. The third kappa shape index (κ3) is 3.01. The molecule has 10 nitrogen and oxygen atoms in total. The van der Waals surface area contributed by atoms with E-state index in [2.05, 4.69) is 26.8 Å². The summed E-state index contributed by atoms with van der Waals surface area (Å²) in [5.74, 6) is -0.653. The van der Waals surface area contributed by atoms with Gasteiger partial charge in [-0.1, -0.05) is 6.58 Å². The molecule has 3 rings (SSSR count). The molecule has 0 unspecified atom stereocenters. The lowest BCUT2D eigenvalue weighted by Gasteiger charge is -2.19. The van der Waals surface area contributed by atoms with Gasteiger partial charge < -0.3 is 25.9 Å². The van der Waals surface area contributed by atoms with Crippen molar-refractivity contribution in [3.05, 3.63) is 45.1 Å². The minimum Gasteiger partial charge on any atom is -0.365 e. The van der Waals surface area contributed by atoms with Gasteiger partial charge in [-0.3, -0.25) is 19.2 Å². The number of amides is 2. The Morgan fingerprint density at radius 1 is 1.32 bits per heavy atom. The third-order valence-corrected chi connectivity index (χ3v) is 4.03. The van der Waals surface area contributed by atoms with E-state index >= 15 is 0 Å². The summed E-state index contributed by atoms with van der Waals surface area (Å²) in [5.41, 5.74) is 3.91. The first-order chi connectivity index (χ1) is 11.9. The minimum absolute atomic E-state index is 0.00260. The predicted molar refractivity (Wildman–Crippen MR) is 90.5 cm³/mol. The summed E-state index contributed by atoms with van der Waals surface area (Å²) in [7, 11) is 0. The van der Waals surface area contributed by atoms with Crippen molar-refractivity contribution >= 4 is 28.7 Å². The fraction of sp³-hybridized carbons (Fsp3) is 0.267. The molecule has 1 atom stereocenters. The van der Waals surface area contributed by atoms with E-state index in [1.165, 1.54) is 12.3 Å². The number of carbonyl (C=O) groups is 2. The van der Waals surface area contributed by atoms with Crippen molar-refractivity contribution < 1.29 is 9.59 Å². The number of aromatic nitrogens is 3. The number of pyridine rings is 1. The number of nitrogens with two attached hydrogens (primary N) is 1. The molecule has 10 heteroatoms. The highest BCUT2D eigenvalue weighted by Gasteiger charge is 2.27. The molecule has 2 aromatic heterocycles. The van der Waals surface area contributed by atoms with Crippen molar-refractivity contribution in [3.8, 4) is 0 Å². The summed E-state index contributed by atoms with van der Waals surface area (Å²) in [4.78, 5) is 57.2. The van der Waals surface area contributed by atoms with Crippen LogP contribution in [-0.2, 0) is 4.79 Å². The molecule has 0 aliphatic carbocycles. The first-order valence-electron chi connectivity index (χ1n) is 7.53. The van der Waals surface area contributed by atoms with Gasteiger partial charge in [0.25, 0.3) is 5.91 Å². The first kappa shape index (κ1) is 16.4. The molecular weight excluding hydrogens is 328 g/mol. The average molecular weight is 344 g/mol. The van der Waals surface area contributed by atoms with Gasteiger partial charge in [-0.05, 0) is 12.5 Å². The number of H-pyrrole nitrogens is 2. The number of anilines is 1. The van der Waals surface area contributed by atoms with Gasteiger partial charge >= 0.3 is 11.1 Å². The van der Waals surface area contributed by atoms with Crippen LogP contribution in [0.25, 0.3) is 11.0 Å². The molecule has 1 fully saturated rings. The van der Waals surface area contributed by atoms with Crippen LogP contribution in [0.5, 0.6) is 0 Å². The Morgan fingerprint density at radius 2 is 2.00 bits per heavy atom. The summed E-state index contributed by atoms with van der Waals surface area (Å²) in [5, 5.41) is 2.80. The number of primary amides is 1. The van der Waals surface area contributed by atoms with Gasteiger partial charge in [-0.15, -0.1) is 0 Å². The average Bonchev–Trinajstić information content (AvgIpc) is 3.02. The summed E-state index contributed by atoms with van der Waals surface area (Å²) in [6, 6.07) is -0.104. The lowest BCUT2D eigenvalue weighted by Crippen LogP contribution is -2.36. The monoisotopic (exact) mass is 344 g/mol. The van der Waals surface area contributed by atoms with E-state index in [1.807, 2.05) is 4.90 Å². The Labute approximate surface area is 140 Å². The van der Waals surface area contributed by atoms with E-state index in [4.69, 9.17) is 5.73 Å². The number of carbonyl (C=O) groups excluding carboxylic acids is 2. The Bertz CT molecular complexity index is 992. The predicted octanol–water partition coefficient (Wildman–Crippen LogP) is -1.41. The number of rotatable bonds is 4. The highest BCUT2D eigenvalue weighted by molar-refractivity contribution is 6.05. The molecule has 0 spiro atoms. The zero-order chi connectivity index (χ0) is 18.1. The van der Waals surface area contributed by atoms with E-state index < -0.39 is 17.0 Å². The van der Waals surface area contributed by atoms with Crippen LogP contribution in [0, 0.1) is 0 Å². The zero-order valence-electron chi connectivity index (χ0n) is 13.2. The van der Waals surface area contributed by atoms with Gasteiger partial charge in [0.15, 0.2) is 5.82 Å². The topological polar surface area (TPSA) is 154 Å². The zero-order valence-corrected chi connectivity index (χ0v) is 13.2. The number of fused-ring (bicyclic) bond motifs is 1. The molecule has 25 heavy (non-hydrogen) atoms. The van der Waals surface area contributed by atoms with Crippen molar-refractivity contribution in [1.82, 2.24) is 20.3 Å². The van der Waals surface area contributed by atoms with Gasteiger partial charge in [0.1, 0.15) is 5.52 Å². The molecule has 1 saturated heterocycles. The van der Waals surface area contributed by atoms with Crippen LogP contribution < -0.4 is 27.1 Å². The lowest BCUT2D eigenvalue weighted by atomic mass is 10.2. The second kappa shape index (κ2) is 6.23. The van der Waals surface area contributed by atoms with Crippen LogP contribution in [0.2, 0.25) is 0 Å². The quantitative estimate of drug-likeness (QED) is 0.395. The highest BCUT2D eigenvalue weighted by Crippen LogP contribution is 2.25. The molecule has 5 N–H and O–H groups in total. The number of hydrogen-bond acceptors (Lipinski definition) is 6. The molecule has 0 bridgehead atoms. The molecule has 130 valence electrons. The standard InChI is InChI=1S/C15H16N6O4/c1-2-9(22)18-7-3-4-21(6-7)13-11-10(8(5-17-13)12(16)23)19-14(24)15(25)20-11/h2,5,7H,1,3-4,6H2,(H2,16,23)(H,18,22)(H,19,24)(H,20,25)/t7-/m0/s1. The van der Waals surface area contributed by atoms with Crippen LogP contribution in [-0.4, -0.2) is 45.9 Å². The van der Waals surface area contributed by atoms with Crippen LogP contribution in [0.15, 0.2) is 28.4 Å². The Morgan fingerprint density at radius 3 is 2.64 bits per heavy atom. The molecule has 3 heterocycles. The first-order valence-corrected chi connectivity index (χ1v) is 7.53. The summed E-state index contributed by atoms with van der Waals surface area (Å²) in [6.45, 7) is 4.44. The molecule has 0 saturated carbocycles. The molecule has 2 amide bonds. The van der Waals surface area contributed by atoms with E-state index in [9.17, 15) is 19.2 Å². The van der Waals surface area contributed by atoms with Crippen molar-refractivity contribution in [3.63, 3.8) is 0 Å². The van der Waals surface area contributed by atoms with Crippen LogP contribution in [0.4, 0.5) is 5.82 Å². The maximum Gasteiger partial charge on any atom is 0.314 e. The van der Waals surface area contributed by atoms with Crippen molar-refractivity contribution in [2.75, 3.05) is 18.0 Å². The van der Waals surface area contributed by atoms with Crippen molar-refractivity contribution in [2.24, 2.45) is 5.73 Å². The molecule has 2 aromatic rings. The Balaban J connectivity index is 2.04. The molecule has 0 aromatic carbocycles. The van der Waals surface area contributed by atoms with Gasteiger partial charge in [0.05, 0.1) is 11.1 Å². The lowest BCUT2D eigenvalue weighted by molar-refractivity contribution is -0.117. The summed E-state index contributed by atoms with van der Waals surface area (Å²) < 4.78 is 0. The van der Waals surface area contributed by atoms with Crippen molar-refractivity contribution in [2.45, 2.75) is 12.5 Å². The normalized spacial score (nSPS) is 16.8. The van der Waals surface area contributed by atoms with E-state index in [0.29, 0.717) is 25.3 Å². The SMILES string of the molecule is C=CC(=O)N[C@H]1CCN(c2ncc(C(N)=O)c3[nH]c(=O)c(=O)[nH]c23)C1. The maximum absolute atomic E-state index is 11.7. The molecule has 1 aliphatic rings. The smallest absolute Gasteiger partial charge is 0.314 e. The van der Waals surface area contributed by atoms with Crippen LogP contribution in [0.1, 0.15) is 16.8 Å². The second-order valence-corrected chi connectivity index (χ2v) is 5.66. The largest absolute Gasteiger partial charge is 0.365 e. The fourth-order valence-corrected chi connectivity index (χ4v) is 2.85. The second-order valence-electron chi connectivity index (χ2n) is 5.66. The van der Waals surface area contributed by atoms with E-state index in [0.717, 1.165) is 0 Å².